The number of nitrogens with zero attached hydrogens (tertiary/aromatic N) is 4. The lowest BCUT2D eigenvalue weighted by Gasteiger charge is -2.10. The van der Waals surface area contributed by atoms with E-state index >= 15 is 0 Å². The van der Waals surface area contributed by atoms with Gasteiger partial charge in [0.15, 0.2) is 0 Å². The van der Waals surface area contributed by atoms with Crippen LogP contribution < -0.4 is 5.32 Å². The molecule has 1 N–H and O–H groups in total. The van der Waals surface area contributed by atoms with E-state index in [1.165, 1.54) is 4.90 Å². The SMILES string of the molecule is Cc1nn(C)cc1Nc1ccc(C(=O)N(C)C)cn1. The van der Waals surface area contributed by atoms with Crippen molar-refractivity contribution in [3.63, 3.8) is 0 Å². The van der Waals surface area contributed by atoms with Gasteiger partial charge in [-0.05, 0) is 19.1 Å². The maximum absolute atomic E-state index is 11.7. The Bertz CT molecular complexity index is 586. The van der Waals surface area contributed by atoms with Gasteiger partial charge in [-0.25, -0.2) is 4.98 Å². The van der Waals surface area contributed by atoms with Crippen molar-refractivity contribution >= 4 is 17.4 Å². The Labute approximate surface area is 112 Å². The first-order chi connectivity index (χ1) is 8.97. The maximum Gasteiger partial charge on any atom is 0.254 e. The zero-order valence-electron chi connectivity index (χ0n) is 11.5. The molecule has 6 heteroatoms. The van der Waals surface area contributed by atoms with Crippen molar-refractivity contribution in [2.75, 3.05) is 19.4 Å². The van der Waals surface area contributed by atoms with Crippen molar-refractivity contribution in [3.8, 4) is 0 Å². The second kappa shape index (κ2) is 5.09. The highest BCUT2D eigenvalue weighted by Crippen LogP contribution is 2.17. The lowest BCUT2D eigenvalue weighted by Crippen LogP contribution is -2.21. The fourth-order valence-corrected chi connectivity index (χ4v) is 1.71. The van der Waals surface area contributed by atoms with E-state index in [4.69, 9.17) is 0 Å². The van der Waals surface area contributed by atoms with Gasteiger partial charge in [-0.1, -0.05) is 0 Å². The Hall–Kier alpha value is -2.37. The van der Waals surface area contributed by atoms with Crippen LogP contribution in [-0.2, 0) is 7.05 Å². The summed E-state index contributed by atoms with van der Waals surface area (Å²) in [4.78, 5) is 17.5. The molecule has 2 aromatic heterocycles. The number of pyridine rings is 1. The van der Waals surface area contributed by atoms with Crippen LogP contribution in [0.2, 0.25) is 0 Å². The summed E-state index contributed by atoms with van der Waals surface area (Å²) in [6.07, 6.45) is 3.45. The Balaban J connectivity index is 2.15. The van der Waals surface area contributed by atoms with Crippen LogP contribution >= 0.6 is 0 Å². The number of nitrogens with one attached hydrogen (secondary N) is 1. The second-order valence-corrected chi connectivity index (χ2v) is 4.56. The quantitative estimate of drug-likeness (QED) is 0.908. The molecule has 0 atom stereocenters. The minimum absolute atomic E-state index is 0.0587. The summed E-state index contributed by atoms with van der Waals surface area (Å²) in [5.74, 6) is 0.628. The Kier molecular flexibility index (Phi) is 3.50. The first-order valence-corrected chi connectivity index (χ1v) is 5.92. The predicted molar refractivity (Wildman–Crippen MR) is 73.5 cm³/mol. The molecule has 19 heavy (non-hydrogen) atoms. The van der Waals surface area contributed by atoms with Crippen LogP contribution in [0.3, 0.4) is 0 Å². The fourth-order valence-electron chi connectivity index (χ4n) is 1.71. The highest BCUT2D eigenvalue weighted by Gasteiger charge is 2.09. The zero-order valence-corrected chi connectivity index (χ0v) is 11.5. The lowest BCUT2D eigenvalue weighted by molar-refractivity contribution is 0.0827. The number of carbonyl (C=O) groups excluding carboxylic acids is 1. The highest BCUT2D eigenvalue weighted by atomic mass is 16.2. The molecule has 6 nitrogen and oxygen atoms in total. The third kappa shape index (κ3) is 2.90. The van der Waals surface area contributed by atoms with Gasteiger partial charge in [-0.15, -0.1) is 0 Å². The Morgan fingerprint density at radius 3 is 2.58 bits per heavy atom. The molecule has 100 valence electrons. The lowest BCUT2D eigenvalue weighted by atomic mass is 10.2. The molecule has 0 saturated carbocycles. The predicted octanol–water partition coefficient (Wildman–Crippen LogP) is 1.57. The molecule has 0 fully saturated rings. The summed E-state index contributed by atoms with van der Waals surface area (Å²) in [5, 5.41) is 7.41. The largest absolute Gasteiger partial charge is 0.345 e. The van der Waals surface area contributed by atoms with Gasteiger partial charge in [-0.3, -0.25) is 9.48 Å². The molecule has 0 aliphatic rings. The first kappa shape index (κ1) is 13.1. The number of hydrogen-bond donors (Lipinski definition) is 1. The third-order valence-electron chi connectivity index (χ3n) is 2.69. The molecule has 0 spiro atoms. The number of hydrogen-bond acceptors (Lipinski definition) is 4. The van der Waals surface area contributed by atoms with Crippen molar-refractivity contribution in [2.24, 2.45) is 7.05 Å². The molecule has 2 aromatic rings. The molecule has 1 amide bonds. The molecule has 0 aromatic carbocycles. The van der Waals surface area contributed by atoms with E-state index in [1.807, 2.05) is 20.2 Å². The Morgan fingerprint density at radius 2 is 2.11 bits per heavy atom. The van der Waals surface area contributed by atoms with E-state index in [2.05, 4.69) is 15.4 Å². The molecular weight excluding hydrogens is 242 g/mol. The smallest absolute Gasteiger partial charge is 0.254 e. The number of amides is 1. The van der Waals surface area contributed by atoms with Gasteiger partial charge in [0.2, 0.25) is 0 Å². The minimum atomic E-state index is -0.0587. The van der Waals surface area contributed by atoms with Crippen LogP contribution in [0.4, 0.5) is 11.5 Å². The van der Waals surface area contributed by atoms with Crippen molar-refractivity contribution < 1.29 is 4.79 Å². The average molecular weight is 259 g/mol. The van der Waals surface area contributed by atoms with Crippen LogP contribution in [0.5, 0.6) is 0 Å². The summed E-state index contributed by atoms with van der Waals surface area (Å²) < 4.78 is 1.74. The third-order valence-corrected chi connectivity index (χ3v) is 2.69. The van der Waals surface area contributed by atoms with Gasteiger partial charge < -0.3 is 10.2 Å². The van der Waals surface area contributed by atoms with E-state index in [1.54, 1.807) is 37.1 Å². The van der Waals surface area contributed by atoms with E-state index in [9.17, 15) is 4.79 Å². The van der Waals surface area contributed by atoms with Crippen molar-refractivity contribution in [2.45, 2.75) is 6.92 Å². The standard InChI is InChI=1S/C13H17N5O/c1-9-11(8-18(4)16-9)15-12-6-5-10(7-14-12)13(19)17(2)3/h5-8H,1-4H3,(H,14,15). The topological polar surface area (TPSA) is 63.1 Å². The maximum atomic E-state index is 11.7. The summed E-state index contributed by atoms with van der Waals surface area (Å²) in [6, 6.07) is 3.53. The molecule has 2 heterocycles. The zero-order chi connectivity index (χ0) is 14.0. The van der Waals surface area contributed by atoms with Crippen LogP contribution in [0.15, 0.2) is 24.5 Å². The van der Waals surface area contributed by atoms with Gasteiger partial charge in [0, 0.05) is 33.5 Å². The molecule has 0 aliphatic carbocycles. The van der Waals surface area contributed by atoms with E-state index in [0.717, 1.165) is 11.4 Å². The van der Waals surface area contributed by atoms with Crippen molar-refractivity contribution in [1.29, 1.82) is 0 Å². The van der Waals surface area contributed by atoms with Gasteiger partial charge in [0.05, 0.1) is 16.9 Å². The van der Waals surface area contributed by atoms with E-state index < -0.39 is 0 Å². The summed E-state index contributed by atoms with van der Waals surface area (Å²) in [6.45, 7) is 1.92. The van der Waals surface area contributed by atoms with Crippen LogP contribution in [0.25, 0.3) is 0 Å². The van der Waals surface area contributed by atoms with Crippen molar-refractivity contribution in [3.05, 3.63) is 35.8 Å². The number of aromatic nitrogens is 3. The minimum Gasteiger partial charge on any atom is -0.345 e. The number of aryl methyl sites for hydroxylation is 2. The average Bonchev–Trinajstić information content (AvgIpc) is 2.68. The van der Waals surface area contributed by atoms with Crippen LogP contribution in [-0.4, -0.2) is 39.7 Å². The number of carbonyl (C=O) groups is 1. The molecule has 0 unspecified atom stereocenters. The fraction of sp³-hybridized carbons (Fsp3) is 0.308. The van der Waals surface area contributed by atoms with Crippen LogP contribution in [0, 0.1) is 6.92 Å². The number of anilines is 2. The molecule has 0 radical (unpaired) electrons. The van der Waals surface area contributed by atoms with E-state index in [-0.39, 0.29) is 5.91 Å². The summed E-state index contributed by atoms with van der Waals surface area (Å²) >= 11 is 0. The number of rotatable bonds is 3. The highest BCUT2D eigenvalue weighted by molar-refractivity contribution is 5.93. The van der Waals surface area contributed by atoms with Crippen molar-refractivity contribution in [1.82, 2.24) is 19.7 Å². The molecular formula is C13H17N5O. The van der Waals surface area contributed by atoms with Gasteiger partial charge in [0.1, 0.15) is 5.82 Å². The van der Waals surface area contributed by atoms with E-state index in [0.29, 0.717) is 11.4 Å². The van der Waals surface area contributed by atoms with Gasteiger partial charge >= 0.3 is 0 Å². The molecule has 2 rings (SSSR count). The van der Waals surface area contributed by atoms with Crippen LogP contribution in [0.1, 0.15) is 16.1 Å². The molecule has 0 saturated heterocycles. The second-order valence-electron chi connectivity index (χ2n) is 4.56. The summed E-state index contributed by atoms with van der Waals surface area (Å²) in [7, 11) is 5.30. The normalized spacial score (nSPS) is 10.3. The molecule has 0 aliphatic heterocycles. The summed E-state index contributed by atoms with van der Waals surface area (Å²) in [5.41, 5.74) is 2.37. The Morgan fingerprint density at radius 1 is 1.37 bits per heavy atom. The van der Waals surface area contributed by atoms with Gasteiger partial charge in [-0.2, -0.15) is 5.10 Å². The monoisotopic (exact) mass is 259 g/mol. The molecule has 0 bridgehead atoms. The van der Waals surface area contributed by atoms with Gasteiger partial charge in [0.25, 0.3) is 5.91 Å². The first-order valence-electron chi connectivity index (χ1n) is 5.92.